The van der Waals surface area contributed by atoms with Gasteiger partial charge < -0.3 is 9.15 Å². The molecule has 0 atom stereocenters. The summed E-state index contributed by atoms with van der Waals surface area (Å²) in [5, 5.41) is 0.488. The zero-order valence-electron chi connectivity index (χ0n) is 22.5. The van der Waals surface area contributed by atoms with E-state index >= 15 is 0 Å². The highest BCUT2D eigenvalue weighted by molar-refractivity contribution is 7.90. The van der Waals surface area contributed by atoms with Gasteiger partial charge in [0, 0.05) is 17.1 Å². The Morgan fingerprint density at radius 2 is 1.73 bits per heavy atom. The van der Waals surface area contributed by atoms with Crippen LogP contribution in [-0.4, -0.2) is 48.0 Å². The van der Waals surface area contributed by atoms with E-state index in [1.165, 1.54) is 30.5 Å². The number of hydrogen-bond acceptors (Lipinski definition) is 8. The van der Waals surface area contributed by atoms with Crippen LogP contribution in [-0.2, 0) is 31.3 Å². The third-order valence-electron chi connectivity index (χ3n) is 6.05. The van der Waals surface area contributed by atoms with Crippen molar-refractivity contribution in [3.8, 4) is 11.1 Å². The van der Waals surface area contributed by atoms with Crippen molar-refractivity contribution in [2.75, 3.05) is 6.26 Å². The molecule has 0 spiro atoms. The zero-order chi connectivity index (χ0) is 29.7. The molecule has 5 rings (SSSR count). The lowest BCUT2D eigenvalue weighted by Gasteiger charge is -2.25. The molecule has 0 saturated heterocycles. The molecular weight excluding hydrogens is 573 g/mol. The monoisotopic (exact) mass is 599 g/mol. The van der Waals surface area contributed by atoms with Gasteiger partial charge in [0.15, 0.2) is 5.58 Å². The maximum Gasteiger partial charge on any atom is 0.424 e. The zero-order valence-corrected chi connectivity index (χ0v) is 24.2. The molecule has 0 N–H and O–H groups in total. The Morgan fingerprint density at radius 1 is 1.02 bits per heavy atom. The summed E-state index contributed by atoms with van der Waals surface area (Å²) in [6.45, 7) is 4.35. The molecule has 0 aliphatic heterocycles. The molecule has 10 nitrogen and oxygen atoms in total. The van der Waals surface area contributed by atoms with Crippen molar-refractivity contribution >= 4 is 48.1 Å². The normalized spacial score (nSPS) is 12.6. The quantitative estimate of drug-likeness (QED) is 0.249. The molecule has 0 aliphatic carbocycles. The fraction of sp³-hybridized carbons (Fsp3) is 0.214. The van der Waals surface area contributed by atoms with E-state index in [0.717, 1.165) is 16.3 Å². The predicted molar refractivity (Wildman–Crippen MR) is 151 cm³/mol. The fourth-order valence-electron chi connectivity index (χ4n) is 4.27. The van der Waals surface area contributed by atoms with Crippen LogP contribution in [0, 0.1) is 5.82 Å². The number of nitrogens with zero attached hydrogens (tertiary/aromatic N) is 3. The number of carbonyl (C=O) groups is 1. The van der Waals surface area contributed by atoms with Crippen LogP contribution in [0.4, 0.5) is 9.18 Å². The van der Waals surface area contributed by atoms with Crippen molar-refractivity contribution in [3.63, 3.8) is 0 Å². The highest BCUT2D eigenvalue weighted by Gasteiger charge is 2.30. The van der Waals surface area contributed by atoms with Crippen molar-refractivity contribution in [2.45, 2.75) is 37.8 Å². The Balaban J connectivity index is 1.57. The number of sulfonamides is 1. The molecule has 0 fully saturated rings. The summed E-state index contributed by atoms with van der Waals surface area (Å²) >= 11 is 0. The molecular formula is C28H26FN3O7S2. The van der Waals surface area contributed by atoms with Gasteiger partial charge in [0.25, 0.3) is 10.0 Å². The molecule has 1 amide bonds. The smallest absolute Gasteiger partial charge is 0.424 e. The third-order valence-corrected chi connectivity index (χ3v) is 8.82. The van der Waals surface area contributed by atoms with Crippen molar-refractivity contribution < 1.29 is 35.2 Å². The standard InChI is InChI=1S/C28H26FN3O7S2/c1-28(2,3)39-27(33)32(40(4,34)35)17-26-30-23-14-18(10-13-25(23)38-26)22-16-31(24-15-19(29)11-12-21(22)24)41(36,37)20-8-6-5-7-9-20/h5-16H,17H2,1-4H3. The number of halogens is 1. The van der Waals surface area contributed by atoms with Gasteiger partial charge in [-0.1, -0.05) is 24.3 Å². The molecule has 41 heavy (non-hydrogen) atoms. The molecule has 3 aromatic carbocycles. The first-order chi connectivity index (χ1) is 19.1. The SMILES string of the molecule is CC(C)(C)OC(=O)N(Cc1nc2cc(-c3cn(S(=O)(=O)c4ccccc4)c4cc(F)ccc34)ccc2o1)S(C)(=O)=O. The van der Waals surface area contributed by atoms with Gasteiger partial charge >= 0.3 is 6.09 Å². The minimum atomic E-state index is -4.05. The molecule has 0 aliphatic rings. The van der Waals surface area contributed by atoms with Gasteiger partial charge in [-0.2, -0.15) is 4.31 Å². The van der Waals surface area contributed by atoms with Crippen LogP contribution in [0.2, 0.25) is 0 Å². The van der Waals surface area contributed by atoms with E-state index in [1.54, 1.807) is 57.2 Å². The first kappa shape index (κ1) is 28.3. The Kier molecular flexibility index (Phi) is 6.90. The average molecular weight is 600 g/mol. The molecule has 0 saturated carbocycles. The lowest BCUT2D eigenvalue weighted by atomic mass is 10.0. The predicted octanol–water partition coefficient (Wildman–Crippen LogP) is 5.52. The highest BCUT2D eigenvalue weighted by atomic mass is 32.2. The molecule has 2 heterocycles. The number of rotatable bonds is 6. The maximum absolute atomic E-state index is 14.3. The summed E-state index contributed by atoms with van der Waals surface area (Å²) in [5.74, 6) is -0.645. The van der Waals surface area contributed by atoms with Crippen LogP contribution in [0.15, 0.2) is 82.2 Å². The molecule has 0 radical (unpaired) electrons. The van der Waals surface area contributed by atoms with Crippen molar-refractivity contribution in [2.24, 2.45) is 0 Å². The number of fused-ring (bicyclic) bond motifs is 2. The minimum Gasteiger partial charge on any atom is -0.443 e. The van der Waals surface area contributed by atoms with Crippen LogP contribution < -0.4 is 0 Å². The van der Waals surface area contributed by atoms with E-state index < -0.39 is 44.1 Å². The van der Waals surface area contributed by atoms with Crippen molar-refractivity contribution in [1.29, 1.82) is 0 Å². The molecule has 214 valence electrons. The highest BCUT2D eigenvalue weighted by Crippen LogP contribution is 2.35. The van der Waals surface area contributed by atoms with Gasteiger partial charge in [-0.3, -0.25) is 0 Å². The largest absolute Gasteiger partial charge is 0.443 e. The lowest BCUT2D eigenvalue weighted by molar-refractivity contribution is 0.0373. The maximum atomic E-state index is 14.3. The summed E-state index contributed by atoms with van der Waals surface area (Å²) < 4.78 is 78.3. The second kappa shape index (κ2) is 10.00. The number of carbonyl (C=O) groups excluding carboxylic acids is 1. The van der Waals surface area contributed by atoms with Crippen molar-refractivity contribution in [3.05, 3.63) is 84.6 Å². The molecule has 13 heteroatoms. The molecule has 0 unspecified atom stereocenters. The fourth-order valence-corrected chi connectivity index (χ4v) is 6.30. The number of ether oxygens (including phenoxy) is 1. The summed E-state index contributed by atoms with van der Waals surface area (Å²) in [7, 11) is -8.06. The molecule has 2 aromatic heterocycles. The van der Waals surface area contributed by atoms with Crippen LogP contribution in [0.3, 0.4) is 0 Å². The number of amides is 1. The number of aromatic nitrogens is 2. The summed E-state index contributed by atoms with van der Waals surface area (Å²) in [6, 6.07) is 16.6. The summed E-state index contributed by atoms with van der Waals surface area (Å²) in [4.78, 5) is 17.0. The Bertz CT molecular complexity index is 2010. The van der Waals surface area contributed by atoms with E-state index in [2.05, 4.69) is 4.98 Å². The van der Waals surface area contributed by atoms with Crippen LogP contribution >= 0.6 is 0 Å². The van der Waals surface area contributed by atoms with Gasteiger partial charge in [0.1, 0.15) is 23.5 Å². The van der Waals surface area contributed by atoms with E-state index in [1.807, 2.05) is 0 Å². The van der Waals surface area contributed by atoms with E-state index in [-0.39, 0.29) is 16.3 Å². The number of oxazole rings is 1. The van der Waals surface area contributed by atoms with Gasteiger partial charge in [-0.05, 0) is 68.8 Å². The van der Waals surface area contributed by atoms with Gasteiger partial charge in [0.05, 0.1) is 16.7 Å². The van der Waals surface area contributed by atoms with Crippen molar-refractivity contribution in [1.82, 2.24) is 13.3 Å². The first-order valence-corrected chi connectivity index (χ1v) is 15.6. The lowest BCUT2D eigenvalue weighted by Crippen LogP contribution is -2.39. The van der Waals surface area contributed by atoms with Gasteiger partial charge in [-0.15, -0.1) is 0 Å². The van der Waals surface area contributed by atoms with Gasteiger partial charge in [-0.25, -0.2) is 35.0 Å². The van der Waals surface area contributed by atoms with Gasteiger partial charge in [0.2, 0.25) is 15.9 Å². The number of benzene rings is 3. The minimum absolute atomic E-state index is 0.0460. The first-order valence-electron chi connectivity index (χ1n) is 12.4. The van der Waals surface area contributed by atoms with E-state index in [0.29, 0.717) is 31.9 Å². The van der Waals surface area contributed by atoms with E-state index in [4.69, 9.17) is 9.15 Å². The number of hydrogen-bond donors (Lipinski definition) is 0. The van der Waals surface area contributed by atoms with Crippen LogP contribution in [0.5, 0.6) is 0 Å². The summed E-state index contributed by atoms with van der Waals surface area (Å²) in [5.41, 5.74) is 0.940. The second-order valence-corrected chi connectivity index (χ2v) is 14.1. The Labute approximate surface area is 236 Å². The molecule has 5 aromatic rings. The Hall–Kier alpha value is -4.23. The topological polar surface area (TPSA) is 129 Å². The summed E-state index contributed by atoms with van der Waals surface area (Å²) in [6.07, 6.45) is 1.23. The average Bonchev–Trinajstić information content (AvgIpc) is 3.46. The van der Waals surface area contributed by atoms with Crippen LogP contribution in [0.1, 0.15) is 26.7 Å². The molecule has 0 bridgehead atoms. The third kappa shape index (κ3) is 5.68. The Morgan fingerprint density at radius 3 is 2.39 bits per heavy atom. The van der Waals surface area contributed by atoms with E-state index in [9.17, 15) is 26.0 Å². The van der Waals surface area contributed by atoms with Crippen LogP contribution in [0.25, 0.3) is 33.1 Å². The second-order valence-electron chi connectivity index (χ2n) is 10.4.